The normalized spacial score (nSPS) is 19.2. The van der Waals surface area contributed by atoms with Crippen molar-refractivity contribution >= 4 is 46.1 Å². The average molecular weight is 557 g/mol. The highest BCUT2D eigenvalue weighted by Gasteiger charge is 2.48. The number of fused-ring (bicyclic) bond motifs is 3. The molecular formula is C31H29ClN4O4. The Morgan fingerprint density at radius 3 is 2.70 bits per heavy atom. The van der Waals surface area contributed by atoms with Gasteiger partial charge in [0.1, 0.15) is 6.04 Å². The number of carbonyl (C=O) groups excluding carboxylic acids is 3. The second-order valence-corrected chi connectivity index (χ2v) is 10.9. The first-order valence-electron chi connectivity index (χ1n) is 13.3. The monoisotopic (exact) mass is 556 g/mol. The standard InChI is InChI=1S/C31H29ClN4O4/c1-19-14-22-16-21(8-10-25(22)34-19)28(37)35-26(15-20-6-3-2-4-7-20)29(38)36-27-11-9-23(32)17-24(27)31(40-30(36)39)12-5-13-33-18-31/h2-4,6-11,14,16-17,26,33-34H,5,12-13,15,18H2,1H3,(H,35,37)/t26-,31-/m0/s1. The van der Waals surface area contributed by atoms with Crippen molar-refractivity contribution in [1.29, 1.82) is 0 Å². The summed E-state index contributed by atoms with van der Waals surface area (Å²) in [5, 5.41) is 7.58. The summed E-state index contributed by atoms with van der Waals surface area (Å²) in [6.07, 6.45) is 0.855. The van der Waals surface area contributed by atoms with E-state index in [1.807, 2.05) is 49.4 Å². The minimum Gasteiger partial charge on any atom is -0.436 e. The van der Waals surface area contributed by atoms with E-state index in [2.05, 4.69) is 15.6 Å². The number of carbonyl (C=O) groups is 3. The summed E-state index contributed by atoms with van der Waals surface area (Å²) >= 11 is 6.37. The van der Waals surface area contributed by atoms with Crippen LogP contribution in [0.3, 0.4) is 0 Å². The second kappa shape index (κ2) is 10.4. The van der Waals surface area contributed by atoms with E-state index in [0.29, 0.717) is 34.8 Å². The summed E-state index contributed by atoms with van der Waals surface area (Å²) in [7, 11) is 0. The van der Waals surface area contributed by atoms with Crippen molar-refractivity contribution in [2.24, 2.45) is 0 Å². The van der Waals surface area contributed by atoms with Crippen LogP contribution in [0.15, 0.2) is 72.8 Å². The Balaban J connectivity index is 1.36. The quantitative estimate of drug-likeness (QED) is 0.312. The van der Waals surface area contributed by atoms with Crippen LogP contribution in [0.4, 0.5) is 10.5 Å². The highest BCUT2D eigenvalue weighted by atomic mass is 35.5. The molecule has 1 fully saturated rings. The lowest BCUT2D eigenvalue weighted by molar-refractivity contribution is -0.120. The van der Waals surface area contributed by atoms with E-state index in [1.165, 1.54) is 0 Å². The molecular weight excluding hydrogens is 528 g/mol. The average Bonchev–Trinajstić information content (AvgIpc) is 3.33. The van der Waals surface area contributed by atoms with E-state index in [-0.39, 0.29) is 6.42 Å². The first kappa shape index (κ1) is 26.1. The molecule has 3 aromatic carbocycles. The number of anilines is 1. The van der Waals surface area contributed by atoms with Gasteiger partial charge in [0.05, 0.1) is 5.69 Å². The van der Waals surface area contributed by atoms with Crippen molar-refractivity contribution in [1.82, 2.24) is 15.6 Å². The zero-order chi connectivity index (χ0) is 27.9. The molecule has 4 aromatic rings. The van der Waals surface area contributed by atoms with Crippen LogP contribution in [0, 0.1) is 6.92 Å². The Morgan fingerprint density at radius 2 is 1.93 bits per heavy atom. The third-order valence-corrected chi connectivity index (χ3v) is 7.86. The van der Waals surface area contributed by atoms with Crippen molar-refractivity contribution in [3.05, 3.63) is 100 Å². The van der Waals surface area contributed by atoms with Gasteiger partial charge in [-0.2, -0.15) is 0 Å². The number of amides is 3. The Kier molecular flexibility index (Phi) is 6.82. The minimum atomic E-state index is -1.03. The summed E-state index contributed by atoms with van der Waals surface area (Å²) in [6, 6.07) is 20.7. The molecule has 0 aliphatic carbocycles. The van der Waals surface area contributed by atoms with Crippen molar-refractivity contribution in [2.75, 3.05) is 18.0 Å². The summed E-state index contributed by atoms with van der Waals surface area (Å²) in [6.45, 7) is 3.20. The van der Waals surface area contributed by atoms with Gasteiger partial charge >= 0.3 is 6.09 Å². The number of aromatic nitrogens is 1. The first-order valence-corrected chi connectivity index (χ1v) is 13.7. The second-order valence-electron chi connectivity index (χ2n) is 10.4. The number of rotatable bonds is 5. The first-order chi connectivity index (χ1) is 19.3. The minimum absolute atomic E-state index is 0.191. The Morgan fingerprint density at radius 1 is 1.10 bits per heavy atom. The van der Waals surface area contributed by atoms with Gasteiger partial charge in [0.2, 0.25) is 0 Å². The van der Waals surface area contributed by atoms with Crippen LogP contribution in [0.25, 0.3) is 10.9 Å². The zero-order valence-corrected chi connectivity index (χ0v) is 22.8. The number of aryl methyl sites for hydroxylation is 1. The molecule has 2 aliphatic rings. The molecule has 0 unspecified atom stereocenters. The Hall–Kier alpha value is -4.14. The SMILES string of the molecule is Cc1cc2cc(C(=O)N[C@@H](Cc3ccccc3)C(=O)N3C(=O)O[C@]4(CCCNC4)c4cc(Cl)ccc43)ccc2[nH]1. The number of piperidine rings is 1. The molecule has 204 valence electrons. The molecule has 3 amide bonds. The molecule has 40 heavy (non-hydrogen) atoms. The van der Waals surface area contributed by atoms with E-state index in [0.717, 1.165) is 40.0 Å². The number of nitrogens with zero attached hydrogens (tertiary/aromatic N) is 1. The van der Waals surface area contributed by atoms with E-state index in [9.17, 15) is 14.4 Å². The lowest BCUT2D eigenvalue weighted by atomic mass is 9.84. The van der Waals surface area contributed by atoms with Crippen LogP contribution in [0.2, 0.25) is 5.02 Å². The van der Waals surface area contributed by atoms with Crippen molar-refractivity contribution < 1.29 is 19.1 Å². The predicted octanol–water partition coefficient (Wildman–Crippen LogP) is 5.23. The number of aromatic amines is 1. The molecule has 1 aromatic heterocycles. The van der Waals surface area contributed by atoms with Crippen molar-refractivity contribution in [3.63, 3.8) is 0 Å². The van der Waals surface area contributed by atoms with Crippen LogP contribution < -0.4 is 15.5 Å². The van der Waals surface area contributed by atoms with Gasteiger partial charge in [-0.1, -0.05) is 41.9 Å². The fraction of sp³-hybridized carbons (Fsp3) is 0.258. The van der Waals surface area contributed by atoms with Crippen molar-refractivity contribution in [3.8, 4) is 0 Å². The Bertz CT molecular complexity index is 1610. The fourth-order valence-corrected chi connectivity index (χ4v) is 5.88. The van der Waals surface area contributed by atoms with Crippen LogP contribution >= 0.6 is 11.6 Å². The van der Waals surface area contributed by atoms with E-state index in [1.54, 1.807) is 30.3 Å². The molecule has 2 aliphatic heterocycles. The molecule has 2 atom stereocenters. The zero-order valence-electron chi connectivity index (χ0n) is 22.0. The number of benzene rings is 3. The van der Waals surface area contributed by atoms with E-state index in [4.69, 9.17) is 16.3 Å². The van der Waals surface area contributed by atoms with Gasteiger partial charge in [0.25, 0.3) is 11.8 Å². The molecule has 9 heteroatoms. The highest BCUT2D eigenvalue weighted by molar-refractivity contribution is 6.31. The van der Waals surface area contributed by atoms with Crippen LogP contribution in [-0.2, 0) is 21.6 Å². The number of H-pyrrole nitrogens is 1. The summed E-state index contributed by atoms with van der Waals surface area (Å²) < 4.78 is 6.00. The van der Waals surface area contributed by atoms with E-state index >= 15 is 0 Å². The predicted molar refractivity (Wildman–Crippen MR) is 154 cm³/mol. The van der Waals surface area contributed by atoms with Gasteiger partial charge in [-0.3, -0.25) is 9.59 Å². The van der Waals surface area contributed by atoms with Crippen LogP contribution in [-0.4, -0.2) is 42.0 Å². The fourth-order valence-electron chi connectivity index (χ4n) is 5.70. The van der Waals surface area contributed by atoms with Crippen LogP contribution in [0.5, 0.6) is 0 Å². The molecule has 6 rings (SSSR count). The number of halogens is 1. The molecule has 1 saturated heterocycles. The van der Waals surface area contributed by atoms with Crippen LogP contribution in [0.1, 0.15) is 40.0 Å². The van der Waals surface area contributed by atoms with Crippen molar-refractivity contribution in [2.45, 2.75) is 37.8 Å². The van der Waals surface area contributed by atoms with Gasteiger partial charge in [0.15, 0.2) is 5.60 Å². The maximum atomic E-state index is 14.2. The molecule has 8 nitrogen and oxygen atoms in total. The van der Waals surface area contributed by atoms with E-state index < -0.39 is 29.6 Å². The van der Waals surface area contributed by atoms with Gasteiger partial charge in [0, 0.05) is 45.7 Å². The lowest BCUT2D eigenvalue weighted by Gasteiger charge is -2.44. The maximum absolute atomic E-state index is 14.2. The van der Waals surface area contributed by atoms with Gasteiger partial charge in [-0.15, -0.1) is 0 Å². The third kappa shape index (κ3) is 4.85. The summed E-state index contributed by atoms with van der Waals surface area (Å²) in [5.74, 6) is -0.993. The maximum Gasteiger partial charge on any atom is 0.422 e. The molecule has 0 radical (unpaired) electrons. The molecule has 1 spiro atoms. The molecule has 3 N–H and O–H groups in total. The third-order valence-electron chi connectivity index (χ3n) is 7.62. The Labute approximate surface area is 236 Å². The lowest BCUT2D eigenvalue weighted by Crippen LogP contribution is -2.58. The number of imide groups is 1. The number of nitrogens with one attached hydrogen (secondary N) is 3. The largest absolute Gasteiger partial charge is 0.436 e. The highest BCUT2D eigenvalue weighted by Crippen LogP contribution is 2.44. The summed E-state index contributed by atoms with van der Waals surface area (Å²) in [4.78, 5) is 45.4. The topological polar surface area (TPSA) is 104 Å². The summed E-state index contributed by atoms with van der Waals surface area (Å²) in [5.41, 5.74) is 3.35. The number of hydrogen-bond donors (Lipinski definition) is 3. The number of hydrogen-bond acceptors (Lipinski definition) is 5. The molecule has 0 saturated carbocycles. The van der Waals surface area contributed by atoms with Gasteiger partial charge in [-0.25, -0.2) is 9.69 Å². The van der Waals surface area contributed by atoms with Gasteiger partial charge < -0.3 is 20.4 Å². The molecule has 0 bridgehead atoms. The molecule has 3 heterocycles. The smallest absolute Gasteiger partial charge is 0.422 e. The number of ether oxygens (including phenoxy) is 1. The van der Waals surface area contributed by atoms with Gasteiger partial charge in [-0.05, 0) is 74.3 Å².